The molecule has 1 aliphatic heterocycles. The van der Waals surface area contributed by atoms with Crippen LogP contribution in [0.25, 0.3) is 6.08 Å². The highest BCUT2D eigenvalue weighted by Gasteiger charge is 2.27. The van der Waals surface area contributed by atoms with Crippen LogP contribution in [-0.2, 0) is 10.0 Å². The molecule has 0 amide bonds. The molecule has 3 rings (SSSR count). The molecule has 1 aromatic heterocycles. The Morgan fingerprint density at radius 1 is 1.07 bits per heavy atom. The zero-order chi connectivity index (χ0) is 20.7. The van der Waals surface area contributed by atoms with Gasteiger partial charge in [0.15, 0.2) is 0 Å². The predicted molar refractivity (Wildman–Crippen MR) is 116 cm³/mol. The van der Waals surface area contributed by atoms with Gasteiger partial charge in [0.1, 0.15) is 37.3 Å². The minimum atomic E-state index is -3.42. The Balaban J connectivity index is 1.54. The van der Waals surface area contributed by atoms with Crippen molar-refractivity contribution < 1.29 is 18.3 Å². The number of aromatic nitrogens is 1. The van der Waals surface area contributed by atoms with Gasteiger partial charge in [-0.15, -0.1) is 0 Å². The van der Waals surface area contributed by atoms with E-state index in [1.165, 1.54) is 9.87 Å². The number of aromatic amines is 1. The summed E-state index contributed by atoms with van der Waals surface area (Å²) < 4.78 is 26.7. The number of hydrogen-bond donors (Lipinski definition) is 1. The minimum Gasteiger partial charge on any atom is -0.325 e. The average molecular weight is 417 g/mol. The summed E-state index contributed by atoms with van der Waals surface area (Å²) in [5, 5.41) is 0. The lowest BCUT2D eigenvalue weighted by molar-refractivity contribution is -0.894. The molecule has 1 saturated heterocycles. The van der Waals surface area contributed by atoms with Crippen LogP contribution < -0.4 is 14.8 Å². The van der Waals surface area contributed by atoms with Gasteiger partial charge < -0.3 is 4.90 Å². The van der Waals surface area contributed by atoms with Gasteiger partial charge in [0.05, 0.1) is 6.54 Å². The van der Waals surface area contributed by atoms with Crippen LogP contribution >= 0.6 is 0 Å². The number of benzene rings is 1. The van der Waals surface area contributed by atoms with E-state index in [-0.39, 0.29) is 0 Å². The first-order chi connectivity index (χ1) is 14.0. The van der Waals surface area contributed by atoms with Gasteiger partial charge in [-0.2, -0.15) is 4.31 Å². The summed E-state index contributed by atoms with van der Waals surface area (Å²) in [7, 11) is -3.42. The predicted octanol–water partition coefficient (Wildman–Crippen LogP) is 0.950. The van der Waals surface area contributed by atoms with Crippen molar-refractivity contribution in [1.29, 1.82) is 0 Å². The van der Waals surface area contributed by atoms with Crippen LogP contribution in [0, 0.1) is 0 Å². The summed E-state index contributed by atoms with van der Waals surface area (Å²) in [5.41, 5.74) is 1.24. The lowest BCUT2D eigenvalue weighted by Crippen LogP contribution is -3.14. The number of quaternary nitrogens is 1. The van der Waals surface area contributed by atoms with Crippen molar-refractivity contribution in [3.8, 4) is 0 Å². The van der Waals surface area contributed by atoms with Gasteiger partial charge in [-0.3, -0.25) is 4.90 Å². The Labute approximate surface area is 174 Å². The van der Waals surface area contributed by atoms with E-state index < -0.39 is 10.0 Å². The van der Waals surface area contributed by atoms with Gasteiger partial charge in [0.25, 0.3) is 5.82 Å². The Morgan fingerprint density at radius 3 is 2.34 bits per heavy atom. The first kappa shape index (κ1) is 21.5. The molecule has 7 heteroatoms. The van der Waals surface area contributed by atoms with Gasteiger partial charge in [-0.1, -0.05) is 50.3 Å². The van der Waals surface area contributed by atoms with E-state index in [0.717, 1.165) is 38.5 Å². The third-order valence-corrected chi connectivity index (χ3v) is 7.48. The monoisotopic (exact) mass is 416 g/mol. The highest BCUT2D eigenvalue weighted by atomic mass is 32.2. The van der Waals surface area contributed by atoms with Crippen molar-refractivity contribution in [3.05, 3.63) is 60.3 Å². The van der Waals surface area contributed by atoms with Crippen LogP contribution in [-0.4, -0.2) is 58.5 Å². The smallest absolute Gasteiger partial charge is 0.274 e. The molecule has 0 aliphatic carbocycles. The largest absolute Gasteiger partial charge is 0.325 e. The lowest BCUT2D eigenvalue weighted by atomic mass is 10.2. The number of H-pyrrole nitrogens is 1. The summed E-state index contributed by atoms with van der Waals surface area (Å²) >= 11 is 0. The van der Waals surface area contributed by atoms with Crippen LogP contribution in [0.15, 0.2) is 59.6 Å². The minimum absolute atomic E-state index is 0.320. The molecule has 1 fully saturated rings. The maximum absolute atomic E-state index is 12.6. The molecular weight excluding hydrogens is 384 g/mol. The standard InChI is InChI=1S/C22H30N4O2S/c1-3-26(4-2)29(27,28)21-12-13-22(23-19-21)25-17-15-24(16-18-25)14-8-11-20-9-6-5-7-10-20/h5-13,19H,3-4,14-18H2,1-2H3/p+2/b11-8+. The molecule has 0 spiro atoms. The topological polar surface area (TPSA) is 59.2 Å². The second-order valence-corrected chi connectivity index (χ2v) is 9.19. The number of nitrogens with one attached hydrogen (secondary N) is 2. The molecule has 0 unspecified atom stereocenters. The van der Waals surface area contributed by atoms with E-state index in [0.29, 0.717) is 18.0 Å². The van der Waals surface area contributed by atoms with Crippen molar-refractivity contribution >= 4 is 21.9 Å². The molecule has 1 aromatic carbocycles. The van der Waals surface area contributed by atoms with E-state index in [2.05, 4.69) is 46.3 Å². The summed E-state index contributed by atoms with van der Waals surface area (Å²) in [6.45, 7) is 9.72. The maximum Gasteiger partial charge on any atom is 0.274 e. The number of nitrogens with zero attached hydrogens (tertiary/aromatic N) is 2. The molecule has 156 valence electrons. The molecule has 2 aromatic rings. The molecule has 6 nitrogen and oxygen atoms in total. The summed E-state index contributed by atoms with van der Waals surface area (Å²) in [6.07, 6.45) is 6.05. The third kappa shape index (κ3) is 5.44. The van der Waals surface area contributed by atoms with Crippen LogP contribution in [0.2, 0.25) is 0 Å². The second-order valence-electron chi connectivity index (χ2n) is 7.25. The molecular formula is C22H32N4O2S+2. The number of pyridine rings is 1. The molecule has 0 saturated carbocycles. The lowest BCUT2D eigenvalue weighted by Gasteiger charge is -2.27. The normalized spacial score (nSPS) is 16.0. The second kappa shape index (κ2) is 10.0. The quantitative estimate of drug-likeness (QED) is 0.697. The van der Waals surface area contributed by atoms with Gasteiger partial charge in [-0.05, 0) is 17.7 Å². The molecule has 1 aliphatic rings. The molecule has 0 atom stereocenters. The highest BCUT2D eigenvalue weighted by molar-refractivity contribution is 7.89. The fourth-order valence-corrected chi connectivity index (χ4v) is 5.09. The number of sulfonamides is 1. The van der Waals surface area contributed by atoms with Crippen molar-refractivity contribution in [2.75, 3.05) is 50.7 Å². The zero-order valence-electron chi connectivity index (χ0n) is 17.3. The van der Waals surface area contributed by atoms with Gasteiger partial charge in [0, 0.05) is 19.2 Å². The first-order valence-corrected chi connectivity index (χ1v) is 11.8. The Bertz CT molecular complexity index is 886. The Hall–Kier alpha value is -2.22. The Kier molecular flexibility index (Phi) is 7.41. The van der Waals surface area contributed by atoms with Gasteiger partial charge >= 0.3 is 0 Å². The first-order valence-electron chi connectivity index (χ1n) is 10.4. The van der Waals surface area contributed by atoms with Crippen molar-refractivity contribution in [1.82, 2.24) is 4.31 Å². The molecule has 0 radical (unpaired) electrons. The van der Waals surface area contributed by atoms with Crippen molar-refractivity contribution in [3.63, 3.8) is 0 Å². The Morgan fingerprint density at radius 2 is 1.76 bits per heavy atom. The summed E-state index contributed by atoms with van der Waals surface area (Å²) in [4.78, 5) is 7.37. The third-order valence-electron chi connectivity index (χ3n) is 5.44. The number of piperazine rings is 1. The molecule has 0 bridgehead atoms. The highest BCUT2D eigenvalue weighted by Crippen LogP contribution is 2.15. The number of hydrogen-bond acceptors (Lipinski definition) is 3. The molecule has 2 N–H and O–H groups in total. The fourth-order valence-electron chi connectivity index (χ4n) is 3.67. The van der Waals surface area contributed by atoms with Crippen molar-refractivity contribution in [2.24, 2.45) is 0 Å². The molecule has 2 heterocycles. The van der Waals surface area contributed by atoms with Crippen LogP contribution in [0.1, 0.15) is 19.4 Å². The average Bonchev–Trinajstić information content (AvgIpc) is 2.76. The maximum atomic E-state index is 12.6. The fraction of sp³-hybridized carbons (Fsp3) is 0.409. The molecule has 29 heavy (non-hydrogen) atoms. The van der Waals surface area contributed by atoms with E-state index in [4.69, 9.17) is 0 Å². The van der Waals surface area contributed by atoms with Crippen LogP contribution in [0.5, 0.6) is 0 Å². The van der Waals surface area contributed by atoms with Gasteiger partial charge in [-0.25, -0.2) is 13.4 Å². The zero-order valence-corrected chi connectivity index (χ0v) is 18.2. The van der Waals surface area contributed by atoms with E-state index >= 15 is 0 Å². The van der Waals surface area contributed by atoms with Crippen molar-refractivity contribution in [2.45, 2.75) is 18.7 Å². The van der Waals surface area contributed by atoms with E-state index in [1.807, 2.05) is 26.0 Å². The summed E-state index contributed by atoms with van der Waals surface area (Å²) in [6, 6.07) is 14.0. The number of anilines is 1. The van der Waals surface area contributed by atoms with E-state index in [9.17, 15) is 8.42 Å². The van der Waals surface area contributed by atoms with Crippen LogP contribution in [0.3, 0.4) is 0 Å². The SMILES string of the molecule is CCN(CC)S(=O)(=O)c1ccc(N2CC[NH+](C/C=C/c3ccccc3)CC2)[nH+]c1. The summed E-state index contributed by atoms with van der Waals surface area (Å²) in [5.74, 6) is 0.974. The van der Waals surface area contributed by atoms with Crippen LogP contribution in [0.4, 0.5) is 5.82 Å². The number of rotatable bonds is 8. The van der Waals surface area contributed by atoms with E-state index in [1.54, 1.807) is 17.2 Å². The van der Waals surface area contributed by atoms with Gasteiger partial charge in [0.2, 0.25) is 10.0 Å².